The molecule has 0 bridgehead atoms. The molecule has 16 atom stereocenters. The fourth-order valence-corrected chi connectivity index (χ4v) is 14.2. The van der Waals surface area contributed by atoms with Crippen LogP contribution in [0.4, 0.5) is 4.79 Å². The molecule has 16 unspecified atom stereocenters. The van der Waals surface area contributed by atoms with Gasteiger partial charge in [-0.1, -0.05) is 133 Å². The third-order valence-electron chi connectivity index (χ3n) is 22.4. The summed E-state index contributed by atoms with van der Waals surface area (Å²) in [7, 11) is 0. The van der Waals surface area contributed by atoms with Gasteiger partial charge in [0.1, 0.15) is 31.4 Å². The molecule has 0 aliphatic carbocycles. The first-order chi connectivity index (χ1) is 49.7. The molecular formula is C81H143N3O20. The van der Waals surface area contributed by atoms with E-state index in [-0.39, 0.29) is 133 Å². The lowest BCUT2D eigenvalue weighted by atomic mass is 9.77. The second kappa shape index (κ2) is 54.7. The van der Waals surface area contributed by atoms with Crippen LogP contribution in [0, 0.1) is 58.7 Å². The normalized spacial score (nSPS) is 25.2. The zero-order valence-electron chi connectivity index (χ0n) is 66.7. The maximum Gasteiger partial charge on any atom is 0.407 e. The number of carbonyl (C=O) groups excluding carboxylic acids is 9. The van der Waals surface area contributed by atoms with E-state index in [9.17, 15) is 43.2 Å². The van der Waals surface area contributed by atoms with Gasteiger partial charge in [0.05, 0.1) is 51.3 Å². The van der Waals surface area contributed by atoms with E-state index in [0.717, 1.165) is 128 Å². The number of hydrogen-bond acceptors (Lipinski definition) is 20. The lowest BCUT2D eigenvalue weighted by Gasteiger charge is -2.43. The Morgan fingerprint density at radius 2 is 0.615 bits per heavy atom. The highest BCUT2D eigenvalue weighted by molar-refractivity contribution is 5.79. The molecule has 0 radical (unpaired) electrons. The van der Waals surface area contributed by atoms with E-state index in [2.05, 4.69) is 85.2 Å². The van der Waals surface area contributed by atoms with Crippen LogP contribution in [-0.2, 0) is 90.5 Å². The summed E-state index contributed by atoms with van der Waals surface area (Å²) in [6.07, 6.45) is 21.8. The molecule has 3 aliphatic rings. The molecule has 0 aromatic carbocycles. The van der Waals surface area contributed by atoms with Crippen LogP contribution >= 0.6 is 0 Å². The van der Waals surface area contributed by atoms with Crippen molar-refractivity contribution >= 4 is 53.4 Å². The van der Waals surface area contributed by atoms with Gasteiger partial charge in [0.2, 0.25) is 11.8 Å². The first-order valence-corrected chi connectivity index (χ1v) is 40.6. The van der Waals surface area contributed by atoms with E-state index in [4.69, 9.17) is 52.1 Å². The molecule has 23 heteroatoms. The van der Waals surface area contributed by atoms with Crippen LogP contribution in [0.25, 0.3) is 0 Å². The molecule has 3 rings (SSSR count). The third kappa shape index (κ3) is 40.9. The first kappa shape index (κ1) is 93.4. The van der Waals surface area contributed by atoms with Crippen molar-refractivity contribution in [1.82, 2.24) is 16.0 Å². The zero-order valence-corrected chi connectivity index (χ0v) is 66.7. The maximum absolute atomic E-state index is 13.0. The van der Waals surface area contributed by atoms with Crippen molar-refractivity contribution in [2.45, 2.75) is 333 Å². The molecule has 23 nitrogen and oxygen atoms in total. The molecule has 3 heterocycles. The quantitative estimate of drug-likeness (QED) is 0.0290. The van der Waals surface area contributed by atoms with Crippen LogP contribution in [0.1, 0.15) is 295 Å². The monoisotopic (exact) mass is 1480 g/mol. The smallest absolute Gasteiger partial charge is 0.407 e. The number of Topliss-reactive ketones (excluding diaryl/α,β-unsaturated/α-hetero) is 2. The molecule has 0 spiro atoms. The van der Waals surface area contributed by atoms with Gasteiger partial charge < -0.3 is 68.1 Å². The molecule has 602 valence electrons. The summed E-state index contributed by atoms with van der Waals surface area (Å²) < 4.78 is 63.6. The summed E-state index contributed by atoms with van der Waals surface area (Å²) in [6.45, 7) is 29.7. The Morgan fingerprint density at radius 3 is 1.00 bits per heavy atom. The van der Waals surface area contributed by atoms with Gasteiger partial charge in [-0.2, -0.15) is 0 Å². The van der Waals surface area contributed by atoms with E-state index in [1.807, 2.05) is 0 Å². The van der Waals surface area contributed by atoms with Gasteiger partial charge in [0.25, 0.3) is 0 Å². The Bertz CT molecular complexity index is 2180. The predicted molar refractivity (Wildman–Crippen MR) is 398 cm³/mol. The summed E-state index contributed by atoms with van der Waals surface area (Å²) in [6, 6.07) is 0. The number of nitrogens with one attached hydrogen (secondary N) is 3. The second-order valence-corrected chi connectivity index (χ2v) is 31.0. The SMILES string of the molecule is CC(=O)OCC1OC(OCCCC(=O)CCCCCCCNC(=O)OCCCC(C)(CCCCC(=O)CCCCCCCNC(=O)CCCOC2OC(COC(C)=O)C(C)C(C)C2C)CCCOC(=O)CCCCCCCNC(=O)CCCOC2OC(COC(C)=O)C(C)C(C)C2C)C(C)C(C)C1C. The predicted octanol–water partition coefficient (Wildman–Crippen LogP) is 14.8. The van der Waals surface area contributed by atoms with Crippen molar-refractivity contribution in [1.29, 1.82) is 0 Å². The molecule has 3 aliphatic heterocycles. The molecule has 0 aromatic heterocycles. The fraction of sp³-hybridized carbons (Fsp3) is 0.889. The Hall–Kier alpha value is -4.81. The van der Waals surface area contributed by atoms with Crippen LogP contribution in [0.15, 0.2) is 0 Å². The van der Waals surface area contributed by atoms with Gasteiger partial charge in [-0.15, -0.1) is 0 Å². The molecule has 104 heavy (non-hydrogen) atoms. The number of hydrogen-bond donors (Lipinski definition) is 3. The fourth-order valence-electron chi connectivity index (χ4n) is 14.2. The molecule has 0 saturated carbocycles. The standard InChI is InChI=1S/C81H143N3O20/c1-57-60(4)71(54-99-66(10)85)102-77(63(57)7)95-49-31-39-70(89)37-24-18-15-22-30-48-84-80(93)98-53-35-45-81(13,43-27-26-38-69(88)36-23-17-14-20-28-46-82-74(90)40-32-50-96-78-64(8)58(2)61(5)72(103-78)55-100-67(11)86)44-34-52-94-76(92)42-25-19-16-21-29-47-83-75(91)41-33-51-97-79-65(9)59(3)62(6)73(104-79)56-101-68(12)87/h57-65,71-73,77-79H,14-56H2,1-13H3,(H,82,90)(H,83,91)(H,84,93). The maximum atomic E-state index is 13.0. The lowest BCUT2D eigenvalue weighted by Crippen LogP contribution is -2.47. The highest BCUT2D eigenvalue weighted by Gasteiger charge is 2.43. The summed E-state index contributed by atoms with van der Waals surface area (Å²) in [5.74, 6) is 1.47. The number of ketones is 2. The van der Waals surface area contributed by atoms with Crippen molar-refractivity contribution in [2.24, 2.45) is 58.7 Å². The van der Waals surface area contributed by atoms with Gasteiger partial charge in [0, 0.05) is 103 Å². The first-order valence-electron chi connectivity index (χ1n) is 40.6. The highest BCUT2D eigenvalue weighted by atomic mass is 16.7. The second-order valence-electron chi connectivity index (χ2n) is 31.0. The number of alkyl carbamates (subject to hydrolysis) is 1. The van der Waals surface area contributed by atoms with Crippen LogP contribution in [0.5, 0.6) is 0 Å². The Labute approximate surface area is 625 Å². The third-order valence-corrected chi connectivity index (χ3v) is 22.4. The molecule has 3 amide bonds. The zero-order chi connectivity index (χ0) is 76.7. The number of carbonyl (C=O) groups is 9. The van der Waals surface area contributed by atoms with Crippen LogP contribution in [0.2, 0.25) is 0 Å². The van der Waals surface area contributed by atoms with Gasteiger partial charge in [0.15, 0.2) is 18.9 Å². The molecule has 3 saturated heterocycles. The lowest BCUT2D eigenvalue weighted by molar-refractivity contribution is -0.255. The van der Waals surface area contributed by atoms with Gasteiger partial charge in [-0.05, 0) is 137 Å². The number of rotatable bonds is 58. The average molecular weight is 1480 g/mol. The average Bonchev–Trinajstić information content (AvgIpc) is 0.799. The summed E-state index contributed by atoms with van der Waals surface area (Å²) in [5, 5.41) is 8.91. The van der Waals surface area contributed by atoms with Crippen molar-refractivity contribution in [3.05, 3.63) is 0 Å². The largest absolute Gasteiger partial charge is 0.466 e. The number of ether oxygens (including phenoxy) is 11. The molecule has 3 fully saturated rings. The number of unbranched alkanes of at least 4 members (excludes halogenated alkanes) is 13. The number of amides is 3. The van der Waals surface area contributed by atoms with Crippen LogP contribution in [0.3, 0.4) is 0 Å². The highest BCUT2D eigenvalue weighted by Crippen LogP contribution is 2.39. The Kier molecular flexibility index (Phi) is 49.1. The van der Waals surface area contributed by atoms with Crippen LogP contribution < -0.4 is 16.0 Å². The van der Waals surface area contributed by atoms with Gasteiger partial charge in [-0.25, -0.2) is 4.79 Å². The van der Waals surface area contributed by atoms with E-state index in [0.29, 0.717) is 141 Å². The van der Waals surface area contributed by atoms with E-state index < -0.39 is 25.0 Å². The summed E-state index contributed by atoms with van der Waals surface area (Å²) in [5.41, 5.74) is -0.100. The minimum Gasteiger partial charge on any atom is -0.466 e. The molecule has 0 aromatic rings. The van der Waals surface area contributed by atoms with E-state index in [1.165, 1.54) is 20.8 Å². The van der Waals surface area contributed by atoms with Crippen molar-refractivity contribution in [3.63, 3.8) is 0 Å². The Balaban J connectivity index is 1.29. The van der Waals surface area contributed by atoms with Crippen molar-refractivity contribution in [2.75, 3.05) is 72.5 Å². The van der Waals surface area contributed by atoms with Gasteiger partial charge >= 0.3 is 30.0 Å². The minimum atomic E-state index is -0.432. The summed E-state index contributed by atoms with van der Waals surface area (Å²) >= 11 is 0. The topological polar surface area (TPSA) is 291 Å². The Morgan fingerprint density at radius 1 is 0.308 bits per heavy atom. The van der Waals surface area contributed by atoms with E-state index in [1.54, 1.807) is 0 Å². The summed E-state index contributed by atoms with van der Waals surface area (Å²) in [4.78, 5) is 110. The van der Waals surface area contributed by atoms with E-state index >= 15 is 0 Å². The minimum absolute atomic E-state index is 0.00109. The number of esters is 4. The van der Waals surface area contributed by atoms with Crippen molar-refractivity contribution < 1.29 is 95.3 Å². The molecule has 3 N–H and O–H groups in total. The van der Waals surface area contributed by atoms with Crippen LogP contribution in [-0.4, -0.2) is 163 Å². The van der Waals surface area contributed by atoms with Gasteiger partial charge in [-0.3, -0.25) is 38.4 Å². The van der Waals surface area contributed by atoms with Crippen molar-refractivity contribution in [3.8, 4) is 0 Å². The molecular weight excluding hydrogens is 1330 g/mol.